The highest BCUT2D eigenvalue weighted by atomic mass is 15.2. The van der Waals surface area contributed by atoms with Crippen LogP contribution in [0.3, 0.4) is 0 Å². The molecule has 0 radical (unpaired) electrons. The monoisotopic (exact) mass is 1350 g/mol. The Morgan fingerprint density at radius 1 is 0.317 bits per heavy atom. The van der Waals surface area contributed by atoms with E-state index in [0.29, 0.717) is 5.69 Å². The standard InChI is InChI=1S/C98H88BN5/c1-61(2)66-50-90-92-91(51-66)104(94-77(64-34-24-18-25-35-64)56-70(98(12,13)14)57-78(94)65-36-26-19-27-37-65)89-60-73(102-85-47-40-67(95(3,4)5)52-79(85)80-53-68(96(6,7)8)41-48-86(80)102)44-46-83(89)99(92)82-45-43-72(101-84-39-29-28-38-74(84)81-58-71(100-15)42-49-87(81)101)59-88(82)103(90)93-75(62-30-20-16-21-31-62)54-69(97(9,10)11)55-76(93)63-32-22-17-23-33-63/h16-61H,1-14H3. The molecule has 0 atom stereocenters. The fourth-order valence-corrected chi connectivity index (χ4v) is 16.6. The summed E-state index contributed by atoms with van der Waals surface area (Å²) < 4.78 is 4.99. The zero-order chi connectivity index (χ0) is 72.0. The van der Waals surface area contributed by atoms with Crippen LogP contribution in [-0.4, -0.2) is 15.8 Å². The SMILES string of the molecule is [C-]#[N+]c1ccc2c(c1)c1ccccc1n2-c1ccc2c(c1)N(c1c(-c3ccccc3)cc(C(C)(C)C)cc1-c1ccccc1)c1cc(C(C)C)cc3c1B2c1ccc(-n2c4ccc(C(C)(C)C)cc4c4cc(C(C)(C)C)ccc42)cc1N3c1c(-c2ccccc2)cc(C(C)(C)C)cc1-c1ccccc1. The minimum absolute atomic E-state index is 0.0612. The molecule has 0 amide bonds. The van der Waals surface area contributed by atoms with Gasteiger partial charge in [0.05, 0.1) is 40.0 Å². The van der Waals surface area contributed by atoms with Crippen molar-refractivity contribution >= 4 is 107 Å². The van der Waals surface area contributed by atoms with Crippen LogP contribution in [0.1, 0.15) is 131 Å². The van der Waals surface area contributed by atoms with Crippen LogP contribution in [0.25, 0.3) is 104 Å². The van der Waals surface area contributed by atoms with Crippen molar-refractivity contribution in [2.75, 3.05) is 9.80 Å². The zero-order valence-electron chi connectivity index (χ0n) is 62.4. The molecule has 104 heavy (non-hydrogen) atoms. The summed E-state index contributed by atoms with van der Waals surface area (Å²) in [6, 6.07) is 104. The molecule has 0 unspecified atom stereocenters. The highest BCUT2D eigenvalue weighted by molar-refractivity contribution is 7.00. The second-order valence-corrected chi connectivity index (χ2v) is 33.5. The third-order valence-corrected chi connectivity index (χ3v) is 22.3. The first-order valence-electron chi connectivity index (χ1n) is 37.1. The largest absolute Gasteiger partial charge is 0.310 e. The number of benzene rings is 13. The summed E-state index contributed by atoms with van der Waals surface area (Å²) in [5.74, 6) is 0.113. The summed E-state index contributed by atoms with van der Waals surface area (Å²) in [6.45, 7) is 40.7. The van der Waals surface area contributed by atoms with Crippen molar-refractivity contribution in [3.05, 3.63) is 312 Å². The summed E-state index contributed by atoms with van der Waals surface area (Å²) in [6.07, 6.45) is 0. The Balaban J connectivity index is 1.06. The third kappa shape index (κ3) is 10.9. The van der Waals surface area contributed by atoms with Gasteiger partial charge in [-0.2, -0.15) is 0 Å². The zero-order valence-corrected chi connectivity index (χ0v) is 62.4. The van der Waals surface area contributed by atoms with Crippen molar-refractivity contribution in [3.8, 4) is 55.9 Å². The number of anilines is 6. The van der Waals surface area contributed by atoms with Crippen LogP contribution in [0.15, 0.2) is 273 Å². The van der Waals surface area contributed by atoms with Gasteiger partial charge in [-0.15, -0.1) is 0 Å². The Bertz CT molecular complexity index is 5810. The molecule has 508 valence electrons. The molecule has 13 aromatic carbocycles. The number of aromatic nitrogens is 2. The lowest BCUT2D eigenvalue weighted by Crippen LogP contribution is -2.61. The van der Waals surface area contributed by atoms with Crippen molar-refractivity contribution in [2.24, 2.45) is 0 Å². The predicted molar refractivity (Wildman–Crippen MR) is 446 cm³/mol. The molecule has 2 aliphatic rings. The van der Waals surface area contributed by atoms with Gasteiger partial charge in [-0.05, 0) is 203 Å². The lowest BCUT2D eigenvalue weighted by molar-refractivity contribution is 0.590. The van der Waals surface area contributed by atoms with Gasteiger partial charge in [-0.1, -0.05) is 267 Å². The highest BCUT2D eigenvalue weighted by Crippen LogP contribution is 2.56. The molecule has 0 saturated heterocycles. The van der Waals surface area contributed by atoms with Crippen molar-refractivity contribution in [1.29, 1.82) is 0 Å². The van der Waals surface area contributed by atoms with Crippen molar-refractivity contribution in [2.45, 2.75) is 125 Å². The van der Waals surface area contributed by atoms with Gasteiger partial charge in [-0.3, -0.25) is 0 Å². The Hall–Kier alpha value is -11.4. The van der Waals surface area contributed by atoms with E-state index in [2.05, 4.69) is 388 Å². The van der Waals surface area contributed by atoms with E-state index in [9.17, 15) is 0 Å². The molecular weight excluding hydrogens is 1260 g/mol. The fraction of sp³-hybridized carbons (Fsp3) is 0.194. The minimum Gasteiger partial charge on any atom is -0.310 e. The minimum atomic E-state index is -0.258. The number of hydrogen-bond acceptors (Lipinski definition) is 2. The summed E-state index contributed by atoms with van der Waals surface area (Å²) in [5, 5.41) is 4.68. The van der Waals surface area contributed by atoms with Gasteiger partial charge >= 0.3 is 0 Å². The van der Waals surface area contributed by atoms with Gasteiger partial charge < -0.3 is 18.9 Å². The smallest absolute Gasteiger partial charge is 0.252 e. The molecule has 17 rings (SSSR count). The Morgan fingerprint density at radius 3 is 1.03 bits per heavy atom. The van der Waals surface area contributed by atoms with Crippen LogP contribution in [0, 0.1) is 6.57 Å². The van der Waals surface area contributed by atoms with Crippen molar-refractivity contribution < 1.29 is 0 Å². The molecule has 0 aliphatic carbocycles. The molecule has 0 fully saturated rings. The summed E-state index contributed by atoms with van der Waals surface area (Å²) in [4.78, 5) is 9.40. The first-order valence-corrected chi connectivity index (χ1v) is 37.1. The Kier molecular flexibility index (Phi) is 15.5. The molecule has 0 bridgehead atoms. The first-order chi connectivity index (χ1) is 49.9. The van der Waals surface area contributed by atoms with Crippen LogP contribution in [0.4, 0.5) is 39.8 Å². The molecule has 0 N–H and O–H groups in total. The molecular formula is C98H88BN5. The second kappa shape index (κ2) is 24.4. The lowest BCUT2D eigenvalue weighted by atomic mass is 9.33. The van der Waals surface area contributed by atoms with Gasteiger partial charge in [0.2, 0.25) is 0 Å². The maximum absolute atomic E-state index is 8.19. The molecule has 4 heterocycles. The van der Waals surface area contributed by atoms with Gasteiger partial charge in [0, 0.05) is 72.5 Å². The number of hydrogen-bond donors (Lipinski definition) is 0. The van der Waals surface area contributed by atoms with E-state index >= 15 is 0 Å². The van der Waals surface area contributed by atoms with E-state index in [0.717, 1.165) is 101 Å². The first kappa shape index (κ1) is 65.9. The summed E-state index contributed by atoms with van der Waals surface area (Å²) in [7, 11) is 0. The molecule has 2 aliphatic heterocycles. The number of nitrogens with zero attached hydrogens (tertiary/aromatic N) is 5. The van der Waals surface area contributed by atoms with E-state index in [-0.39, 0.29) is 34.3 Å². The van der Waals surface area contributed by atoms with Crippen molar-refractivity contribution in [1.82, 2.24) is 9.13 Å². The van der Waals surface area contributed by atoms with Gasteiger partial charge in [-0.25, -0.2) is 4.85 Å². The van der Waals surface area contributed by atoms with Crippen LogP contribution in [0.5, 0.6) is 0 Å². The second-order valence-electron chi connectivity index (χ2n) is 33.5. The molecule has 0 spiro atoms. The molecule has 0 saturated carbocycles. The van der Waals surface area contributed by atoms with Gasteiger partial charge in [0.15, 0.2) is 5.69 Å². The van der Waals surface area contributed by atoms with E-state index in [1.807, 2.05) is 6.07 Å². The number of fused-ring (bicyclic) bond motifs is 10. The quantitative estimate of drug-likeness (QED) is 0.106. The molecule has 15 aromatic rings. The average Bonchev–Trinajstić information content (AvgIpc) is 0.776. The molecule has 6 heteroatoms. The van der Waals surface area contributed by atoms with Gasteiger partial charge in [0.1, 0.15) is 0 Å². The fourth-order valence-electron chi connectivity index (χ4n) is 16.6. The lowest BCUT2D eigenvalue weighted by Gasteiger charge is -2.46. The molecule has 2 aromatic heterocycles. The van der Waals surface area contributed by atoms with E-state index < -0.39 is 0 Å². The van der Waals surface area contributed by atoms with Gasteiger partial charge in [0.25, 0.3) is 6.71 Å². The topological polar surface area (TPSA) is 20.7 Å². The van der Waals surface area contributed by atoms with E-state index in [1.165, 1.54) is 77.1 Å². The van der Waals surface area contributed by atoms with Crippen LogP contribution >= 0.6 is 0 Å². The van der Waals surface area contributed by atoms with Crippen LogP contribution < -0.4 is 26.2 Å². The Labute approximate surface area is 614 Å². The third-order valence-electron chi connectivity index (χ3n) is 22.3. The molecule has 5 nitrogen and oxygen atoms in total. The number of rotatable bonds is 9. The normalized spacial score (nSPS) is 13.1. The highest BCUT2D eigenvalue weighted by Gasteiger charge is 2.46. The maximum atomic E-state index is 8.19. The van der Waals surface area contributed by atoms with E-state index in [1.54, 1.807) is 0 Å². The van der Waals surface area contributed by atoms with Crippen LogP contribution in [-0.2, 0) is 21.7 Å². The maximum Gasteiger partial charge on any atom is 0.252 e. The Morgan fingerprint density at radius 2 is 0.663 bits per heavy atom. The number of para-hydroxylation sites is 1. The summed E-state index contributed by atoms with van der Waals surface area (Å²) >= 11 is 0. The summed E-state index contributed by atoms with van der Waals surface area (Å²) in [5.41, 5.74) is 32.8. The van der Waals surface area contributed by atoms with E-state index in [4.69, 9.17) is 6.57 Å². The van der Waals surface area contributed by atoms with Crippen molar-refractivity contribution in [3.63, 3.8) is 0 Å². The predicted octanol–water partition coefficient (Wildman–Crippen LogP) is 25.5. The average molecular weight is 1350 g/mol. The van der Waals surface area contributed by atoms with Crippen LogP contribution in [0.2, 0.25) is 0 Å².